The predicted octanol–water partition coefficient (Wildman–Crippen LogP) is 2.58. The summed E-state index contributed by atoms with van der Waals surface area (Å²) in [6, 6.07) is 9.31. The van der Waals surface area contributed by atoms with Gasteiger partial charge in [-0.15, -0.1) is 0 Å². The fraction of sp³-hybridized carbons (Fsp3) is 0.333. The molecule has 7 heteroatoms. The number of nitrogens with zero attached hydrogens (tertiary/aromatic N) is 1. The molecular weight excluding hydrogens is 325 g/mol. The Morgan fingerprint density at radius 2 is 2.04 bits per heavy atom. The van der Waals surface area contributed by atoms with Gasteiger partial charge in [0, 0.05) is 6.04 Å². The summed E-state index contributed by atoms with van der Waals surface area (Å²) >= 11 is 0. The Morgan fingerprint density at radius 1 is 1.24 bits per heavy atom. The van der Waals surface area contributed by atoms with Crippen molar-refractivity contribution < 1.29 is 18.4 Å². The SMILES string of the molecule is O=C(CN1CCC[C@H]1c1ccc(F)cc1)NC(=O)NCc1ccco1. The number of carbonyl (C=O) groups excluding carboxylic acids is 2. The average Bonchev–Trinajstić information content (AvgIpc) is 3.25. The molecule has 0 spiro atoms. The summed E-state index contributed by atoms with van der Waals surface area (Å²) in [7, 11) is 0. The maximum atomic E-state index is 13.1. The minimum atomic E-state index is -0.557. The number of amides is 3. The third-order valence-electron chi connectivity index (χ3n) is 4.22. The summed E-state index contributed by atoms with van der Waals surface area (Å²) in [5.41, 5.74) is 0.981. The third kappa shape index (κ3) is 4.67. The molecule has 0 saturated carbocycles. The molecule has 1 aromatic heterocycles. The molecule has 1 aliphatic rings. The molecule has 3 amide bonds. The topological polar surface area (TPSA) is 74.6 Å². The first kappa shape index (κ1) is 17.2. The van der Waals surface area contributed by atoms with Crippen molar-refractivity contribution in [3.63, 3.8) is 0 Å². The van der Waals surface area contributed by atoms with Crippen molar-refractivity contribution in [1.82, 2.24) is 15.5 Å². The van der Waals surface area contributed by atoms with E-state index in [1.54, 1.807) is 24.3 Å². The molecule has 0 bridgehead atoms. The second-order valence-corrected chi connectivity index (χ2v) is 5.99. The lowest BCUT2D eigenvalue weighted by Gasteiger charge is -2.24. The highest BCUT2D eigenvalue weighted by Crippen LogP contribution is 2.31. The summed E-state index contributed by atoms with van der Waals surface area (Å²) in [5.74, 6) is -0.0382. The van der Waals surface area contributed by atoms with Crippen LogP contribution in [0.2, 0.25) is 0 Å². The highest BCUT2D eigenvalue weighted by atomic mass is 19.1. The smallest absolute Gasteiger partial charge is 0.321 e. The van der Waals surface area contributed by atoms with Gasteiger partial charge in [-0.3, -0.25) is 15.0 Å². The Bertz CT molecular complexity index is 716. The molecule has 0 aliphatic carbocycles. The number of carbonyl (C=O) groups is 2. The molecule has 0 unspecified atom stereocenters. The molecule has 2 aromatic rings. The van der Waals surface area contributed by atoms with E-state index in [9.17, 15) is 14.0 Å². The van der Waals surface area contributed by atoms with Crippen molar-refractivity contribution >= 4 is 11.9 Å². The van der Waals surface area contributed by atoms with Gasteiger partial charge in [-0.1, -0.05) is 12.1 Å². The molecule has 1 saturated heterocycles. The number of halogens is 1. The first-order chi connectivity index (χ1) is 12.1. The Balaban J connectivity index is 1.49. The van der Waals surface area contributed by atoms with E-state index in [-0.39, 0.29) is 30.9 Å². The minimum Gasteiger partial charge on any atom is -0.467 e. The van der Waals surface area contributed by atoms with Gasteiger partial charge in [0.15, 0.2) is 0 Å². The zero-order valence-corrected chi connectivity index (χ0v) is 13.7. The Hall–Kier alpha value is -2.67. The maximum absolute atomic E-state index is 13.1. The molecule has 1 fully saturated rings. The molecule has 1 atom stereocenters. The van der Waals surface area contributed by atoms with Gasteiger partial charge in [0.2, 0.25) is 5.91 Å². The first-order valence-electron chi connectivity index (χ1n) is 8.21. The Morgan fingerprint density at radius 3 is 2.76 bits per heavy atom. The second-order valence-electron chi connectivity index (χ2n) is 5.99. The average molecular weight is 345 g/mol. The number of furan rings is 1. The zero-order valence-electron chi connectivity index (χ0n) is 13.7. The van der Waals surface area contributed by atoms with Gasteiger partial charge in [0.1, 0.15) is 11.6 Å². The van der Waals surface area contributed by atoms with Crippen LogP contribution in [-0.2, 0) is 11.3 Å². The van der Waals surface area contributed by atoms with Crippen LogP contribution in [0.15, 0.2) is 47.1 Å². The van der Waals surface area contributed by atoms with Crippen LogP contribution in [0.25, 0.3) is 0 Å². The Labute approximate surface area is 145 Å². The number of hydrogen-bond acceptors (Lipinski definition) is 4. The van der Waals surface area contributed by atoms with E-state index >= 15 is 0 Å². The van der Waals surface area contributed by atoms with E-state index in [0.717, 1.165) is 24.9 Å². The molecule has 2 N–H and O–H groups in total. The minimum absolute atomic E-state index is 0.0672. The van der Waals surface area contributed by atoms with Gasteiger partial charge in [0.05, 0.1) is 19.4 Å². The summed E-state index contributed by atoms with van der Waals surface area (Å²) in [6.45, 7) is 1.10. The van der Waals surface area contributed by atoms with Crippen molar-refractivity contribution in [2.75, 3.05) is 13.1 Å². The van der Waals surface area contributed by atoms with Crippen molar-refractivity contribution in [2.45, 2.75) is 25.4 Å². The predicted molar refractivity (Wildman–Crippen MR) is 89.0 cm³/mol. The number of likely N-dealkylation sites (tertiary alicyclic amines) is 1. The highest BCUT2D eigenvalue weighted by Gasteiger charge is 2.27. The lowest BCUT2D eigenvalue weighted by atomic mass is 10.0. The number of urea groups is 1. The van der Waals surface area contributed by atoms with Gasteiger partial charge in [-0.25, -0.2) is 9.18 Å². The maximum Gasteiger partial charge on any atom is 0.321 e. The number of nitrogens with one attached hydrogen (secondary N) is 2. The fourth-order valence-corrected chi connectivity index (χ4v) is 3.05. The van der Waals surface area contributed by atoms with Crippen LogP contribution in [0.3, 0.4) is 0 Å². The molecule has 1 aromatic carbocycles. The summed E-state index contributed by atoms with van der Waals surface area (Å²) in [4.78, 5) is 25.9. The van der Waals surface area contributed by atoms with E-state index in [4.69, 9.17) is 4.42 Å². The van der Waals surface area contributed by atoms with Crippen LogP contribution >= 0.6 is 0 Å². The first-order valence-corrected chi connectivity index (χ1v) is 8.21. The standard InChI is InChI=1S/C18H20FN3O3/c19-14-7-5-13(6-8-14)16-4-1-9-22(16)12-17(23)21-18(24)20-11-15-3-2-10-25-15/h2-3,5-8,10,16H,1,4,9,11-12H2,(H2,20,21,23,24)/t16-/m0/s1. The number of hydrogen-bond donors (Lipinski definition) is 2. The van der Waals surface area contributed by atoms with Crippen LogP contribution in [0, 0.1) is 5.82 Å². The molecule has 1 aliphatic heterocycles. The van der Waals surface area contributed by atoms with E-state index in [1.165, 1.54) is 18.4 Å². The van der Waals surface area contributed by atoms with Gasteiger partial charge in [0.25, 0.3) is 0 Å². The number of imide groups is 1. The highest BCUT2D eigenvalue weighted by molar-refractivity contribution is 5.95. The quantitative estimate of drug-likeness (QED) is 0.873. The van der Waals surface area contributed by atoms with Crippen LogP contribution in [0.1, 0.15) is 30.2 Å². The van der Waals surface area contributed by atoms with Crippen molar-refractivity contribution in [3.8, 4) is 0 Å². The van der Waals surface area contributed by atoms with Crippen LogP contribution < -0.4 is 10.6 Å². The molecular formula is C18H20FN3O3. The van der Waals surface area contributed by atoms with Crippen molar-refractivity contribution in [1.29, 1.82) is 0 Å². The summed E-state index contributed by atoms with van der Waals surface area (Å²) < 4.78 is 18.2. The monoisotopic (exact) mass is 345 g/mol. The van der Waals surface area contributed by atoms with Gasteiger partial charge < -0.3 is 9.73 Å². The van der Waals surface area contributed by atoms with Gasteiger partial charge in [-0.2, -0.15) is 0 Å². The van der Waals surface area contributed by atoms with Crippen molar-refractivity contribution in [2.24, 2.45) is 0 Å². The molecule has 6 nitrogen and oxygen atoms in total. The van der Waals surface area contributed by atoms with E-state index in [0.29, 0.717) is 5.76 Å². The zero-order chi connectivity index (χ0) is 17.6. The summed E-state index contributed by atoms with van der Waals surface area (Å²) in [5, 5.41) is 4.88. The van der Waals surface area contributed by atoms with E-state index in [1.807, 2.05) is 4.90 Å². The number of benzene rings is 1. The van der Waals surface area contributed by atoms with Gasteiger partial charge in [-0.05, 0) is 49.2 Å². The third-order valence-corrected chi connectivity index (χ3v) is 4.22. The Kier molecular flexibility index (Phi) is 5.45. The number of rotatable bonds is 5. The molecule has 2 heterocycles. The van der Waals surface area contributed by atoms with E-state index < -0.39 is 6.03 Å². The molecule has 0 radical (unpaired) electrons. The lowest BCUT2D eigenvalue weighted by Crippen LogP contribution is -2.44. The van der Waals surface area contributed by atoms with Crippen LogP contribution in [-0.4, -0.2) is 29.9 Å². The molecule has 132 valence electrons. The van der Waals surface area contributed by atoms with Crippen LogP contribution in [0.5, 0.6) is 0 Å². The summed E-state index contributed by atoms with van der Waals surface area (Å²) in [6.07, 6.45) is 3.38. The van der Waals surface area contributed by atoms with Gasteiger partial charge >= 0.3 is 6.03 Å². The lowest BCUT2D eigenvalue weighted by molar-refractivity contribution is -0.121. The van der Waals surface area contributed by atoms with Crippen molar-refractivity contribution in [3.05, 3.63) is 59.8 Å². The largest absolute Gasteiger partial charge is 0.467 e. The molecule has 3 rings (SSSR count). The second kappa shape index (κ2) is 7.94. The van der Waals surface area contributed by atoms with Crippen LogP contribution in [0.4, 0.5) is 9.18 Å². The van der Waals surface area contributed by atoms with E-state index in [2.05, 4.69) is 10.6 Å². The fourth-order valence-electron chi connectivity index (χ4n) is 3.05. The molecule has 25 heavy (non-hydrogen) atoms. The normalized spacial score (nSPS) is 17.4.